The van der Waals surface area contributed by atoms with Gasteiger partial charge in [0.1, 0.15) is 0 Å². The molecule has 1 atom stereocenters. The van der Waals surface area contributed by atoms with Crippen LogP contribution in [0.25, 0.3) is 0 Å². The first kappa shape index (κ1) is 17.3. The van der Waals surface area contributed by atoms with Crippen LogP contribution in [0.2, 0.25) is 0 Å². The minimum Gasteiger partial charge on any atom is -0.481 e. The molecule has 0 aliphatic carbocycles. The zero-order valence-electron chi connectivity index (χ0n) is 10.9. The van der Waals surface area contributed by atoms with Gasteiger partial charge in [-0.2, -0.15) is 0 Å². The summed E-state index contributed by atoms with van der Waals surface area (Å²) in [6.07, 6.45) is -0.955. The van der Waals surface area contributed by atoms with Gasteiger partial charge in [0.05, 0.1) is 31.0 Å². The standard InChI is InChI=1S/C10H21NO6S/c1-8(2)17-4-5-18(14,15)11-7-9(16-3)6-10(12)13/h8-9,11H,4-7H2,1-3H3,(H,12,13). The van der Waals surface area contributed by atoms with E-state index in [1.807, 2.05) is 13.8 Å². The number of methoxy groups -OCH3 is 1. The summed E-state index contributed by atoms with van der Waals surface area (Å²) in [5.74, 6) is -1.20. The first-order valence-corrected chi connectivity index (χ1v) is 7.25. The molecule has 0 saturated heterocycles. The molecule has 1 unspecified atom stereocenters. The number of hydrogen-bond acceptors (Lipinski definition) is 5. The van der Waals surface area contributed by atoms with Gasteiger partial charge in [0.25, 0.3) is 0 Å². The highest BCUT2D eigenvalue weighted by Crippen LogP contribution is 1.97. The Morgan fingerprint density at radius 2 is 2.00 bits per heavy atom. The summed E-state index contributed by atoms with van der Waals surface area (Å²) in [5, 5.41) is 8.57. The fourth-order valence-electron chi connectivity index (χ4n) is 1.12. The molecule has 8 heteroatoms. The van der Waals surface area contributed by atoms with E-state index in [2.05, 4.69) is 4.72 Å². The lowest BCUT2D eigenvalue weighted by molar-refractivity contribution is -0.139. The van der Waals surface area contributed by atoms with Crippen molar-refractivity contribution in [3.63, 3.8) is 0 Å². The van der Waals surface area contributed by atoms with Gasteiger partial charge in [0.15, 0.2) is 0 Å². The average molecular weight is 283 g/mol. The molecule has 108 valence electrons. The van der Waals surface area contributed by atoms with E-state index in [0.717, 1.165) is 0 Å². The molecule has 0 aromatic rings. The third kappa shape index (κ3) is 9.34. The van der Waals surface area contributed by atoms with Gasteiger partial charge in [-0.05, 0) is 13.8 Å². The number of sulfonamides is 1. The summed E-state index contributed by atoms with van der Waals surface area (Å²) in [5.41, 5.74) is 0. The molecule has 2 N–H and O–H groups in total. The van der Waals surface area contributed by atoms with E-state index in [-0.39, 0.29) is 31.4 Å². The smallest absolute Gasteiger partial charge is 0.306 e. The number of ether oxygens (including phenoxy) is 2. The van der Waals surface area contributed by atoms with Crippen LogP contribution in [-0.2, 0) is 24.3 Å². The van der Waals surface area contributed by atoms with Crippen molar-refractivity contribution in [2.45, 2.75) is 32.5 Å². The van der Waals surface area contributed by atoms with Gasteiger partial charge >= 0.3 is 5.97 Å². The molecule has 0 spiro atoms. The second-order valence-electron chi connectivity index (χ2n) is 4.04. The number of carboxylic acids is 1. The Morgan fingerprint density at radius 3 is 2.44 bits per heavy atom. The van der Waals surface area contributed by atoms with Gasteiger partial charge in [-0.25, -0.2) is 13.1 Å². The van der Waals surface area contributed by atoms with Crippen molar-refractivity contribution in [2.75, 3.05) is 26.0 Å². The third-order valence-corrected chi connectivity index (χ3v) is 3.38. The fourth-order valence-corrected chi connectivity index (χ4v) is 2.02. The monoisotopic (exact) mass is 283 g/mol. The van der Waals surface area contributed by atoms with Crippen molar-refractivity contribution in [3.05, 3.63) is 0 Å². The summed E-state index contributed by atoms with van der Waals surface area (Å²) in [6.45, 7) is 3.66. The second-order valence-corrected chi connectivity index (χ2v) is 5.97. The molecule has 0 radical (unpaired) electrons. The number of aliphatic carboxylic acids is 1. The van der Waals surface area contributed by atoms with E-state index in [4.69, 9.17) is 14.6 Å². The van der Waals surface area contributed by atoms with E-state index >= 15 is 0 Å². The maximum atomic E-state index is 11.5. The highest BCUT2D eigenvalue weighted by Gasteiger charge is 2.16. The predicted molar refractivity (Wildman–Crippen MR) is 65.9 cm³/mol. The summed E-state index contributed by atoms with van der Waals surface area (Å²) >= 11 is 0. The van der Waals surface area contributed by atoms with Crippen molar-refractivity contribution in [2.24, 2.45) is 0 Å². The van der Waals surface area contributed by atoms with Crippen LogP contribution < -0.4 is 4.72 Å². The van der Waals surface area contributed by atoms with Crippen LogP contribution in [0.3, 0.4) is 0 Å². The molecular weight excluding hydrogens is 262 g/mol. The van der Waals surface area contributed by atoms with Gasteiger partial charge < -0.3 is 14.6 Å². The Kier molecular flexibility index (Phi) is 8.08. The van der Waals surface area contributed by atoms with Gasteiger partial charge in [-0.3, -0.25) is 4.79 Å². The average Bonchev–Trinajstić information content (AvgIpc) is 2.22. The molecule has 0 bridgehead atoms. The van der Waals surface area contributed by atoms with E-state index in [1.165, 1.54) is 7.11 Å². The van der Waals surface area contributed by atoms with Gasteiger partial charge in [-0.15, -0.1) is 0 Å². The Balaban J connectivity index is 4.04. The van der Waals surface area contributed by atoms with E-state index < -0.39 is 22.1 Å². The van der Waals surface area contributed by atoms with Crippen molar-refractivity contribution in [1.29, 1.82) is 0 Å². The molecule has 0 aliphatic heterocycles. The van der Waals surface area contributed by atoms with E-state index in [9.17, 15) is 13.2 Å². The van der Waals surface area contributed by atoms with Crippen molar-refractivity contribution >= 4 is 16.0 Å². The van der Waals surface area contributed by atoms with Crippen LogP contribution in [-0.4, -0.2) is 57.7 Å². The topological polar surface area (TPSA) is 102 Å². The molecule has 0 aromatic heterocycles. The molecule has 0 heterocycles. The molecule has 7 nitrogen and oxygen atoms in total. The lowest BCUT2D eigenvalue weighted by atomic mass is 10.2. The zero-order valence-corrected chi connectivity index (χ0v) is 11.7. The zero-order chi connectivity index (χ0) is 14.2. The third-order valence-electron chi connectivity index (χ3n) is 2.07. The lowest BCUT2D eigenvalue weighted by Crippen LogP contribution is -2.36. The highest BCUT2D eigenvalue weighted by atomic mass is 32.2. The Hall–Kier alpha value is -0.700. The predicted octanol–water partition coefficient (Wildman–Crippen LogP) is -0.179. The summed E-state index contributed by atoms with van der Waals surface area (Å²) < 4.78 is 35.3. The summed E-state index contributed by atoms with van der Waals surface area (Å²) in [7, 11) is -2.13. The SMILES string of the molecule is COC(CNS(=O)(=O)CCOC(C)C)CC(=O)O. The summed E-state index contributed by atoms with van der Waals surface area (Å²) in [6, 6.07) is 0. The lowest BCUT2D eigenvalue weighted by Gasteiger charge is -2.14. The first-order chi connectivity index (χ1) is 8.26. The molecule has 0 saturated carbocycles. The summed E-state index contributed by atoms with van der Waals surface area (Å²) in [4.78, 5) is 10.5. The van der Waals surface area contributed by atoms with Gasteiger partial charge in [-0.1, -0.05) is 0 Å². The maximum absolute atomic E-state index is 11.5. The molecule has 0 aliphatic rings. The Labute approximate surface area is 108 Å². The Bertz CT molecular complexity index is 340. The van der Waals surface area contributed by atoms with Crippen LogP contribution in [0, 0.1) is 0 Å². The normalized spacial score (nSPS) is 13.8. The quantitative estimate of drug-likeness (QED) is 0.576. The Morgan fingerprint density at radius 1 is 1.39 bits per heavy atom. The van der Waals surface area contributed by atoms with E-state index in [0.29, 0.717) is 0 Å². The van der Waals surface area contributed by atoms with Crippen LogP contribution in [0.1, 0.15) is 20.3 Å². The number of carbonyl (C=O) groups is 1. The van der Waals surface area contributed by atoms with Crippen LogP contribution in [0.5, 0.6) is 0 Å². The van der Waals surface area contributed by atoms with E-state index in [1.54, 1.807) is 0 Å². The number of carboxylic acid groups (broad SMARTS) is 1. The molecule has 18 heavy (non-hydrogen) atoms. The first-order valence-electron chi connectivity index (χ1n) is 5.60. The van der Waals surface area contributed by atoms with Crippen LogP contribution >= 0.6 is 0 Å². The largest absolute Gasteiger partial charge is 0.481 e. The second kappa shape index (κ2) is 8.41. The van der Waals surface area contributed by atoms with Crippen molar-refractivity contribution < 1.29 is 27.8 Å². The highest BCUT2D eigenvalue weighted by molar-refractivity contribution is 7.89. The minimum absolute atomic E-state index is 0.0288. The van der Waals surface area contributed by atoms with Crippen LogP contribution in [0.15, 0.2) is 0 Å². The van der Waals surface area contributed by atoms with Gasteiger partial charge in [0.2, 0.25) is 10.0 Å². The molecular formula is C10H21NO6S. The molecule has 0 amide bonds. The van der Waals surface area contributed by atoms with Crippen LogP contribution in [0.4, 0.5) is 0 Å². The number of hydrogen-bond donors (Lipinski definition) is 2. The van der Waals surface area contributed by atoms with Crippen molar-refractivity contribution in [1.82, 2.24) is 4.72 Å². The van der Waals surface area contributed by atoms with Crippen molar-refractivity contribution in [3.8, 4) is 0 Å². The molecule has 0 rings (SSSR count). The number of nitrogens with one attached hydrogen (secondary N) is 1. The molecule has 0 aromatic carbocycles. The molecule has 0 fully saturated rings. The number of rotatable bonds is 10. The van der Waals surface area contributed by atoms with Gasteiger partial charge in [0, 0.05) is 13.7 Å². The minimum atomic E-state index is -3.47. The fraction of sp³-hybridized carbons (Fsp3) is 0.900. The maximum Gasteiger partial charge on any atom is 0.306 e.